The molecule has 1 N–H and O–H groups in total. The van der Waals surface area contributed by atoms with Crippen LogP contribution in [0.1, 0.15) is 13.3 Å². The van der Waals surface area contributed by atoms with Gasteiger partial charge in [0.05, 0.1) is 5.69 Å². The first-order valence-corrected chi connectivity index (χ1v) is 8.31. The minimum absolute atomic E-state index is 0.178. The van der Waals surface area contributed by atoms with Crippen LogP contribution < -0.4 is 15.9 Å². The Morgan fingerprint density at radius 2 is 2.11 bits per heavy atom. The Kier molecular flexibility index (Phi) is 5.15. The van der Waals surface area contributed by atoms with Gasteiger partial charge in [-0.05, 0) is 18.6 Å². The monoisotopic (exact) mass is 376 g/mol. The molecule has 1 aromatic carbocycles. The van der Waals surface area contributed by atoms with Gasteiger partial charge in [-0.15, -0.1) is 5.10 Å². The third kappa shape index (κ3) is 3.78. The van der Waals surface area contributed by atoms with Crippen LogP contribution in [0.25, 0.3) is 5.65 Å². The normalized spacial score (nSPS) is 11.0. The SMILES string of the molecule is CCCN(C)c1nccn2c(=O)n(CC(=O)Nc3ccc(F)cc3F)nc12. The van der Waals surface area contributed by atoms with E-state index in [2.05, 4.69) is 15.4 Å². The first kappa shape index (κ1) is 18.5. The van der Waals surface area contributed by atoms with E-state index in [-0.39, 0.29) is 5.69 Å². The van der Waals surface area contributed by atoms with Gasteiger partial charge in [-0.3, -0.25) is 4.79 Å². The fourth-order valence-electron chi connectivity index (χ4n) is 2.67. The highest BCUT2D eigenvalue weighted by Crippen LogP contribution is 2.16. The van der Waals surface area contributed by atoms with Crippen LogP contribution in [-0.2, 0) is 11.3 Å². The molecule has 0 aliphatic heterocycles. The highest BCUT2D eigenvalue weighted by Gasteiger charge is 2.17. The molecular formula is C17H18F2N6O2. The zero-order chi connectivity index (χ0) is 19.6. The molecule has 142 valence electrons. The molecule has 8 nitrogen and oxygen atoms in total. The summed E-state index contributed by atoms with van der Waals surface area (Å²) in [5, 5.41) is 6.48. The summed E-state index contributed by atoms with van der Waals surface area (Å²) in [7, 11) is 1.83. The van der Waals surface area contributed by atoms with Crippen molar-refractivity contribution in [2.75, 3.05) is 23.8 Å². The molecule has 0 spiro atoms. The van der Waals surface area contributed by atoms with Gasteiger partial charge in [0.15, 0.2) is 5.82 Å². The van der Waals surface area contributed by atoms with Crippen molar-refractivity contribution in [2.24, 2.45) is 0 Å². The molecule has 0 radical (unpaired) electrons. The molecule has 1 amide bonds. The Morgan fingerprint density at radius 1 is 1.33 bits per heavy atom. The molecule has 0 bridgehead atoms. The van der Waals surface area contributed by atoms with Gasteiger partial charge in [-0.25, -0.2) is 27.6 Å². The Balaban J connectivity index is 1.86. The number of carbonyl (C=O) groups excluding carboxylic acids is 1. The third-order valence-electron chi connectivity index (χ3n) is 3.90. The van der Waals surface area contributed by atoms with Crippen LogP contribution in [0, 0.1) is 11.6 Å². The molecule has 3 rings (SSSR count). The van der Waals surface area contributed by atoms with E-state index in [0.717, 1.165) is 29.8 Å². The second-order valence-electron chi connectivity index (χ2n) is 5.98. The van der Waals surface area contributed by atoms with Crippen LogP contribution in [0.5, 0.6) is 0 Å². The number of hydrogen-bond donors (Lipinski definition) is 1. The maximum atomic E-state index is 13.7. The van der Waals surface area contributed by atoms with Gasteiger partial charge in [0.2, 0.25) is 11.6 Å². The molecule has 0 unspecified atom stereocenters. The number of carbonyl (C=O) groups is 1. The molecule has 0 atom stereocenters. The summed E-state index contributed by atoms with van der Waals surface area (Å²) in [6.07, 6.45) is 3.83. The van der Waals surface area contributed by atoms with Crippen LogP contribution in [0.3, 0.4) is 0 Å². The van der Waals surface area contributed by atoms with Gasteiger partial charge >= 0.3 is 5.69 Å². The van der Waals surface area contributed by atoms with Crippen molar-refractivity contribution in [3.8, 4) is 0 Å². The van der Waals surface area contributed by atoms with Gasteiger partial charge in [0, 0.05) is 32.1 Å². The minimum atomic E-state index is -0.904. The van der Waals surface area contributed by atoms with E-state index < -0.39 is 29.8 Å². The molecule has 27 heavy (non-hydrogen) atoms. The lowest BCUT2D eigenvalue weighted by atomic mass is 10.3. The van der Waals surface area contributed by atoms with Crippen LogP contribution in [0.2, 0.25) is 0 Å². The summed E-state index contributed by atoms with van der Waals surface area (Å²) in [4.78, 5) is 30.7. The number of fused-ring (bicyclic) bond motifs is 1. The van der Waals surface area contributed by atoms with Crippen molar-refractivity contribution in [3.63, 3.8) is 0 Å². The molecule has 2 aromatic heterocycles. The molecule has 2 heterocycles. The fraction of sp³-hybridized carbons (Fsp3) is 0.294. The lowest BCUT2D eigenvalue weighted by Gasteiger charge is -2.16. The third-order valence-corrected chi connectivity index (χ3v) is 3.90. The number of halogens is 2. The topological polar surface area (TPSA) is 84.5 Å². The second-order valence-corrected chi connectivity index (χ2v) is 5.98. The minimum Gasteiger partial charge on any atom is -0.357 e. The van der Waals surface area contributed by atoms with Crippen molar-refractivity contribution in [1.29, 1.82) is 0 Å². The number of aromatic nitrogens is 4. The van der Waals surface area contributed by atoms with E-state index in [0.29, 0.717) is 17.5 Å². The van der Waals surface area contributed by atoms with E-state index in [4.69, 9.17) is 0 Å². The number of hydrogen-bond acceptors (Lipinski definition) is 5. The zero-order valence-corrected chi connectivity index (χ0v) is 14.8. The fourth-order valence-corrected chi connectivity index (χ4v) is 2.67. The molecule has 10 heteroatoms. The van der Waals surface area contributed by atoms with Crippen molar-refractivity contribution in [3.05, 3.63) is 52.7 Å². The molecular weight excluding hydrogens is 358 g/mol. The predicted molar refractivity (Wildman–Crippen MR) is 95.8 cm³/mol. The summed E-state index contributed by atoms with van der Waals surface area (Å²) in [6.45, 7) is 2.31. The summed E-state index contributed by atoms with van der Waals surface area (Å²) in [6, 6.07) is 2.79. The van der Waals surface area contributed by atoms with E-state index in [1.165, 1.54) is 16.8 Å². The first-order chi connectivity index (χ1) is 12.9. The standard InChI is InChI=1S/C17H18F2N6O2/c1-3-7-23(2)15-16-22-25(17(27)24(16)8-6-20-15)10-14(26)21-13-5-4-11(18)9-12(13)19/h4-6,8-9H,3,7,10H2,1-2H3,(H,21,26). The first-order valence-electron chi connectivity index (χ1n) is 8.31. The van der Waals surface area contributed by atoms with Crippen LogP contribution in [0.4, 0.5) is 20.3 Å². The molecule has 0 aliphatic carbocycles. The maximum Gasteiger partial charge on any atom is 0.350 e. The van der Waals surface area contributed by atoms with Crippen LogP contribution in [-0.4, -0.2) is 38.7 Å². The number of anilines is 2. The average Bonchev–Trinajstić information content (AvgIpc) is 2.93. The number of rotatable bonds is 6. The van der Waals surface area contributed by atoms with Crippen molar-refractivity contribution in [2.45, 2.75) is 19.9 Å². The second kappa shape index (κ2) is 7.52. The van der Waals surface area contributed by atoms with E-state index in [1.54, 1.807) is 0 Å². The predicted octanol–water partition coefficient (Wildman–Crippen LogP) is 1.65. The summed E-state index contributed by atoms with van der Waals surface area (Å²) >= 11 is 0. The number of amides is 1. The summed E-state index contributed by atoms with van der Waals surface area (Å²) in [5.74, 6) is -1.81. The zero-order valence-electron chi connectivity index (χ0n) is 14.8. The van der Waals surface area contributed by atoms with Crippen molar-refractivity contribution in [1.82, 2.24) is 19.2 Å². The quantitative estimate of drug-likeness (QED) is 0.707. The lowest BCUT2D eigenvalue weighted by molar-refractivity contribution is -0.117. The Hall–Kier alpha value is -3.30. The molecule has 3 aromatic rings. The van der Waals surface area contributed by atoms with Crippen LogP contribution in [0.15, 0.2) is 35.4 Å². The Bertz CT molecular complexity index is 1050. The number of benzene rings is 1. The van der Waals surface area contributed by atoms with Crippen LogP contribution >= 0.6 is 0 Å². The Morgan fingerprint density at radius 3 is 2.81 bits per heavy atom. The number of nitrogens with one attached hydrogen (secondary N) is 1. The van der Waals surface area contributed by atoms with E-state index in [9.17, 15) is 18.4 Å². The highest BCUT2D eigenvalue weighted by molar-refractivity contribution is 5.90. The van der Waals surface area contributed by atoms with Gasteiger partial charge in [0.25, 0.3) is 0 Å². The smallest absolute Gasteiger partial charge is 0.350 e. The van der Waals surface area contributed by atoms with E-state index >= 15 is 0 Å². The van der Waals surface area contributed by atoms with E-state index in [1.807, 2.05) is 18.9 Å². The Labute approximate surface area is 153 Å². The molecule has 0 fully saturated rings. The summed E-state index contributed by atoms with van der Waals surface area (Å²) < 4.78 is 28.9. The van der Waals surface area contributed by atoms with Gasteiger partial charge < -0.3 is 10.2 Å². The van der Waals surface area contributed by atoms with Gasteiger partial charge in [-0.1, -0.05) is 6.92 Å². The number of nitrogens with zero attached hydrogens (tertiary/aromatic N) is 5. The largest absolute Gasteiger partial charge is 0.357 e. The van der Waals surface area contributed by atoms with Crippen molar-refractivity contribution < 1.29 is 13.6 Å². The highest BCUT2D eigenvalue weighted by atomic mass is 19.1. The van der Waals surface area contributed by atoms with Gasteiger partial charge in [0.1, 0.15) is 18.2 Å². The molecule has 0 saturated carbocycles. The summed E-state index contributed by atoms with van der Waals surface area (Å²) in [5.41, 5.74) is -0.379. The maximum absolute atomic E-state index is 13.7. The average molecular weight is 376 g/mol. The lowest BCUT2D eigenvalue weighted by Crippen LogP contribution is -2.28. The molecule has 0 saturated heterocycles. The van der Waals surface area contributed by atoms with Gasteiger partial charge in [-0.2, -0.15) is 0 Å². The van der Waals surface area contributed by atoms with Crippen molar-refractivity contribution >= 4 is 23.1 Å². The molecule has 0 aliphatic rings.